The van der Waals surface area contributed by atoms with Crippen LogP contribution in [0.1, 0.15) is 16.2 Å². The molecule has 0 aliphatic rings. The van der Waals surface area contributed by atoms with E-state index < -0.39 is 0 Å². The standard InChI is InChI=1S/C16H17N5O/c1-10-13-8-11(2-4-14(13)21-20-10)12-3-5-15(19-9-12)16(22)18-7-6-17/h2-5,8-9H,6-7,17H2,1H3,(H,18,22)(H,20,21). The molecule has 6 nitrogen and oxygen atoms in total. The van der Waals surface area contributed by atoms with Gasteiger partial charge in [0.25, 0.3) is 5.91 Å². The summed E-state index contributed by atoms with van der Waals surface area (Å²) in [7, 11) is 0. The second-order valence-corrected chi connectivity index (χ2v) is 5.06. The molecule has 0 aliphatic carbocycles. The van der Waals surface area contributed by atoms with E-state index in [0.717, 1.165) is 27.7 Å². The normalized spacial score (nSPS) is 10.8. The van der Waals surface area contributed by atoms with Crippen molar-refractivity contribution < 1.29 is 4.79 Å². The Labute approximate surface area is 127 Å². The van der Waals surface area contributed by atoms with E-state index in [0.29, 0.717) is 18.8 Å². The number of aromatic amines is 1. The average Bonchev–Trinajstić information content (AvgIpc) is 2.93. The monoisotopic (exact) mass is 295 g/mol. The predicted octanol–water partition coefficient (Wildman–Crippen LogP) is 1.62. The first-order valence-electron chi connectivity index (χ1n) is 7.08. The number of nitrogens with zero attached hydrogens (tertiary/aromatic N) is 2. The summed E-state index contributed by atoms with van der Waals surface area (Å²) in [5, 5.41) is 11.0. The van der Waals surface area contributed by atoms with Crippen molar-refractivity contribution in [3.8, 4) is 11.1 Å². The molecule has 0 saturated carbocycles. The van der Waals surface area contributed by atoms with E-state index in [1.54, 1.807) is 12.3 Å². The van der Waals surface area contributed by atoms with Gasteiger partial charge in [0.05, 0.1) is 5.52 Å². The van der Waals surface area contributed by atoms with Crippen LogP contribution in [0.5, 0.6) is 0 Å². The van der Waals surface area contributed by atoms with Crippen LogP contribution in [0.3, 0.4) is 0 Å². The number of H-pyrrole nitrogens is 1. The third kappa shape index (κ3) is 2.68. The lowest BCUT2D eigenvalue weighted by Crippen LogP contribution is -2.29. The van der Waals surface area contributed by atoms with Crippen molar-refractivity contribution in [3.05, 3.63) is 47.9 Å². The Hall–Kier alpha value is -2.73. The molecule has 0 aliphatic heterocycles. The van der Waals surface area contributed by atoms with Gasteiger partial charge in [-0.1, -0.05) is 12.1 Å². The Morgan fingerprint density at radius 2 is 2.09 bits per heavy atom. The molecule has 0 saturated heterocycles. The van der Waals surface area contributed by atoms with Crippen molar-refractivity contribution in [2.75, 3.05) is 13.1 Å². The molecule has 4 N–H and O–H groups in total. The number of pyridine rings is 1. The Morgan fingerprint density at radius 3 is 2.82 bits per heavy atom. The van der Waals surface area contributed by atoms with E-state index in [9.17, 15) is 4.79 Å². The second kappa shape index (κ2) is 5.95. The summed E-state index contributed by atoms with van der Waals surface area (Å²) in [4.78, 5) is 16.0. The summed E-state index contributed by atoms with van der Waals surface area (Å²) in [5.41, 5.74) is 9.71. The van der Waals surface area contributed by atoms with Gasteiger partial charge in [-0.25, -0.2) is 0 Å². The molecule has 22 heavy (non-hydrogen) atoms. The maximum atomic E-state index is 11.8. The highest BCUT2D eigenvalue weighted by Gasteiger charge is 2.08. The third-order valence-electron chi connectivity index (χ3n) is 3.50. The maximum absolute atomic E-state index is 11.8. The fraction of sp³-hybridized carbons (Fsp3) is 0.188. The van der Waals surface area contributed by atoms with Gasteiger partial charge < -0.3 is 11.1 Å². The van der Waals surface area contributed by atoms with Crippen molar-refractivity contribution in [2.45, 2.75) is 6.92 Å². The SMILES string of the molecule is Cc1[nH]nc2ccc(-c3ccc(C(=O)NCCN)nc3)cc12. The van der Waals surface area contributed by atoms with Crippen LogP contribution < -0.4 is 11.1 Å². The molecule has 2 aromatic heterocycles. The number of carbonyl (C=O) groups is 1. The zero-order valence-electron chi connectivity index (χ0n) is 12.3. The summed E-state index contributed by atoms with van der Waals surface area (Å²) in [6, 6.07) is 9.64. The van der Waals surface area contributed by atoms with Crippen molar-refractivity contribution in [1.82, 2.24) is 20.5 Å². The lowest BCUT2D eigenvalue weighted by Gasteiger charge is -2.05. The largest absolute Gasteiger partial charge is 0.349 e. The van der Waals surface area contributed by atoms with E-state index in [4.69, 9.17) is 5.73 Å². The van der Waals surface area contributed by atoms with Crippen LogP contribution in [0.15, 0.2) is 36.5 Å². The lowest BCUT2D eigenvalue weighted by atomic mass is 10.0. The maximum Gasteiger partial charge on any atom is 0.269 e. The molecule has 0 radical (unpaired) electrons. The molecule has 0 bridgehead atoms. The summed E-state index contributed by atoms with van der Waals surface area (Å²) in [6.45, 7) is 2.84. The van der Waals surface area contributed by atoms with Gasteiger partial charge in [0.2, 0.25) is 0 Å². The summed E-state index contributed by atoms with van der Waals surface area (Å²) < 4.78 is 0. The van der Waals surface area contributed by atoms with Crippen LogP contribution >= 0.6 is 0 Å². The number of aryl methyl sites for hydroxylation is 1. The van der Waals surface area contributed by atoms with Gasteiger partial charge >= 0.3 is 0 Å². The lowest BCUT2D eigenvalue weighted by molar-refractivity contribution is 0.0950. The van der Waals surface area contributed by atoms with Crippen LogP contribution in [-0.4, -0.2) is 34.2 Å². The van der Waals surface area contributed by atoms with E-state index in [2.05, 4.69) is 26.6 Å². The Balaban J connectivity index is 1.87. The number of carbonyl (C=O) groups excluding carboxylic acids is 1. The topological polar surface area (TPSA) is 96.7 Å². The van der Waals surface area contributed by atoms with E-state index in [1.165, 1.54) is 0 Å². The fourth-order valence-electron chi connectivity index (χ4n) is 2.29. The zero-order chi connectivity index (χ0) is 15.5. The molecule has 0 spiro atoms. The number of nitrogens with one attached hydrogen (secondary N) is 2. The minimum absolute atomic E-state index is 0.210. The summed E-state index contributed by atoms with van der Waals surface area (Å²) >= 11 is 0. The molecule has 3 rings (SSSR count). The number of amides is 1. The zero-order valence-corrected chi connectivity index (χ0v) is 12.3. The number of benzene rings is 1. The Bertz CT molecular complexity index is 807. The first kappa shape index (κ1) is 14.2. The van der Waals surface area contributed by atoms with Crippen LogP contribution in [0.2, 0.25) is 0 Å². The molecular weight excluding hydrogens is 278 g/mol. The van der Waals surface area contributed by atoms with Crippen LogP contribution in [0.4, 0.5) is 0 Å². The molecule has 0 unspecified atom stereocenters. The minimum atomic E-state index is -0.210. The van der Waals surface area contributed by atoms with Gasteiger partial charge in [-0.05, 0) is 30.7 Å². The van der Waals surface area contributed by atoms with Gasteiger partial charge in [0.1, 0.15) is 5.69 Å². The number of hydrogen-bond donors (Lipinski definition) is 3. The summed E-state index contributed by atoms with van der Waals surface area (Å²) in [5.74, 6) is -0.210. The van der Waals surface area contributed by atoms with Crippen LogP contribution in [0.25, 0.3) is 22.0 Å². The highest BCUT2D eigenvalue weighted by Crippen LogP contribution is 2.24. The fourth-order valence-corrected chi connectivity index (χ4v) is 2.29. The minimum Gasteiger partial charge on any atom is -0.349 e. The first-order chi connectivity index (χ1) is 10.7. The van der Waals surface area contributed by atoms with Gasteiger partial charge in [-0.15, -0.1) is 0 Å². The van der Waals surface area contributed by atoms with E-state index >= 15 is 0 Å². The molecule has 1 aromatic carbocycles. The molecule has 3 aromatic rings. The van der Waals surface area contributed by atoms with E-state index in [1.807, 2.05) is 25.1 Å². The smallest absolute Gasteiger partial charge is 0.269 e. The van der Waals surface area contributed by atoms with Crippen molar-refractivity contribution in [1.29, 1.82) is 0 Å². The number of fused-ring (bicyclic) bond motifs is 1. The number of aromatic nitrogens is 3. The quantitative estimate of drug-likeness (QED) is 0.681. The predicted molar refractivity (Wildman–Crippen MR) is 85.4 cm³/mol. The van der Waals surface area contributed by atoms with Gasteiger partial charge in [-0.2, -0.15) is 5.10 Å². The van der Waals surface area contributed by atoms with Crippen LogP contribution in [-0.2, 0) is 0 Å². The van der Waals surface area contributed by atoms with Crippen molar-refractivity contribution in [2.24, 2.45) is 5.73 Å². The van der Waals surface area contributed by atoms with Gasteiger partial charge in [-0.3, -0.25) is 14.9 Å². The molecule has 1 amide bonds. The van der Waals surface area contributed by atoms with Crippen molar-refractivity contribution in [3.63, 3.8) is 0 Å². The number of rotatable bonds is 4. The molecule has 0 atom stereocenters. The molecular formula is C16H17N5O. The molecule has 2 heterocycles. The molecule has 0 fully saturated rings. The summed E-state index contributed by atoms with van der Waals surface area (Å²) in [6.07, 6.45) is 1.70. The average molecular weight is 295 g/mol. The highest BCUT2D eigenvalue weighted by molar-refractivity contribution is 5.92. The van der Waals surface area contributed by atoms with Crippen LogP contribution in [0, 0.1) is 6.92 Å². The van der Waals surface area contributed by atoms with E-state index in [-0.39, 0.29) is 5.91 Å². The molecule has 112 valence electrons. The molecule has 6 heteroatoms. The number of nitrogens with two attached hydrogens (primary N) is 1. The number of hydrogen-bond acceptors (Lipinski definition) is 4. The third-order valence-corrected chi connectivity index (χ3v) is 3.50. The highest BCUT2D eigenvalue weighted by atomic mass is 16.1. The Morgan fingerprint density at radius 1 is 1.27 bits per heavy atom. The first-order valence-corrected chi connectivity index (χ1v) is 7.08. The van der Waals surface area contributed by atoms with Gasteiger partial charge in [0.15, 0.2) is 0 Å². The van der Waals surface area contributed by atoms with Crippen molar-refractivity contribution >= 4 is 16.8 Å². The van der Waals surface area contributed by atoms with Gasteiger partial charge in [0, 0.05) is 35.9 Å². The Kier molecular flexibility index (Phi) is 3.84. The second-order valence-electron chi connectivity index (χ2n) is 5.06.